The second kappa shape index (κ2) is 3.62. The van der Waals surface area contributed by atoms with Crippen molar-refractivity contribution in [1.29, 1.82) is 0 Å². The number of rotatable bonds is 1. The lowest BCUT2D eigenvalue weighted by atomic mass is 10.0. The molecule has 1 fully saturated rings. The van der Waals surface area contributed by atoms with E-state index in [-0.39, 0.29) is 11.8 Å². The minimum Gasteiger partial charge on any atom is -0.351 e. The van der Waals surface area contributed by atoms with E-state index in [0.717, 1.165) is 0 Å². The Balaban J connectivity index is 2.27. The molecule has 0 aliphatic carbocycles. The Hall–Kier alpha value is -0.860. The molecule has 0 aromatic heterocycles. The van der Waals surface area contributed by atoms with E-state index >= 15 is 0 Å². The summed E-state index contributed by atoms with van der Waals surface area (Å²) in [6.07, 6.45) is 0.186. The van der Waals surface area contributed by atoms with E-state index in [1.165, 1.54) is 5.56 Å². The molecule has 2 heteroatoms. The van der Waals surface area contributed by atoms with E-state index in [1.54, 1.807) is 0 Å². The first-order valence-corrected chi connectivity index (χ1v) is 5.48. The number of hydrogen-bond donors (Lipinski definition) is 0. The number of benzene rings is 1. The topological polar surface area (TPSA) is 12.5 Å². The zero-order valence-electron chi connectivity index (χ0n) is 9.90. The van der Waals surface area contributed by atoms with Gasteiger partial charge in [0.15, 0.2) is 0 Å². The Bertz CT molecular complexity index is 334. The average molecular weight is 205 g/mol. The molecule has 1 heterocycles. The van der Waals surface area contributed by atoms with Gasteiger partial charge in [0, 0.05) is 6.04 Å². The van der Waals surface area contributed by atoms with Crippen molar-refractivity contribution in [3.05, 3.63) is 35.9 Å². The van der Waals surface area contributed by atoms with Gasteiger partial charge in [0.25, 0.3) is 0 Å². The molecule has 0 unspecified atom stereocenters. The van der Waals surface area contributed by atoms with Crippen LogP contribution in [-0.2, 0) is 4.74 Å². The maximum Gasteiger partial charge on any atom is 0.117 e. The van der Waals surface area contributed by atoms with E-state index in [2.05, 4.69) is 57.0 Å². The largest absolute Gasteiger partial charge is 0.351 e. The summed E-state index contributed by atoms with van der Waals surface area (Å²) in [6, 6.07) is 10.9. The predicted molar refractivity (Wildman–Crippen MR) is 61.6 cm³/mol. The van der Waals surface area contributed by atoms with E-state index in [4.69, 9.17) is 4.74 Å². The van der Waals surface area contributed by atoms with Crippen LogP contribution in [0.25, 0.3) is 0 Å². The zero-order valence-corrected chi connectivity index (χ0v) is 9.90. The molecule has 0 spiro atoms. The summed E-state index contributed by atoms with van der Waals surface area (Å²) < 4.78 is 6.09. The monoisotopic (exact) mass is 205 g/mol. The molecule has 1 aromatic carbocycles. The molecule has 0 amide bonds. The van der Waals surface area contributed by atoms with Crippen molar-refractivity contribution >= 4 is 0 Å². The SMILES string of the molecule is C[C@@H]1[C@@H](c2ccccc2)OC(C)(C)N1C. The molecule has 15 heavy (non-hydrogen) atoms. The summed E-state index contributed by atoms with van der Waals surface area (Å²) >= 11 is 0. The molecule has 0 bridgehead atoms. The van der Waals surface area contributed by atoms with Gasteiger partial charge in [0.2, 0.25) is 0 Å². The van der Waals surface area contributed by atoms with Crippen LogP contribution in [0.4, 0.5) is 0 Å². The van der Waals surface area contributed by atoms with Gasteiger partial charge in [-0.1, -0.05) is 30.3 Å². The number of nitrogens with zero attached hydrogens (tertiary/aromatic N) is 1. The summed E-state index contributed by atoms with van der Waals surface area (Å²) in [5.41, 5.74) is 1.10. The molecule has 1 aliphatic rings. The first kappa shape index (κ1) is 10.7. The lowest BCUT2D eigenvalue weighted by molar-refractivity contribution is -0.0683. The second-order valence-electron chi connectivity index (χ2n) is 4.75. The highest BCUT2D eigenvalue weighted by molar-refractivity contribution is 5.20. The van der Waals surface area contributed by atoms with Gasteiger partial charge < -0.3 is 4.74 Å². The van der Waals surface area contributed by atoms with Crippen molar-refractivity contribution in [2.24, 2.45) is 0 Å². The molecular formula is C13H19NO. The first-order chi connectivity index (χ1) is 7.02. The fraction of sp³-hybridized carbons (Fsp3) is 0.538. The van der Waals surface area contributed by atoms with Crippen LogP contribution in [0.15, 0.2) is 30.3 Å². The molecule has 2 nitrogen and oxygen atoms in total. The summed E-state index contributed by atoms with van der Waals surface area (Å²) in [4.78, 5) is 2.28. The predicted octanol–water partition coefficient (Wildman–Crippen LogP) is 2.81. The van der Waals surface area contributed by atoms with E-state index in [1.807, 2.05) is 6.07 Å². The van der Waals surface area contributed by atoms with Crippen LogP contribution in [0.5, 0.6) is 0 Å². The Morgan fingerprint density at radius 1 is 1.20 bits per heavy atom. The van der Waals surface area contributed by atoms with Crippen LogP contribution in [0, 0.1) is 0 Å². The Labute approximate surface area is 91.9 Å². The zero-order chi connectivity index (χ0) is 11.1. The van der Waals surface area contributed by atoms with Crippen molar-refractivity contribution in [2.45, 2.75) is 38.6 Å². The van der Waals surface area contributed by atoms with Gasteiger partial charge in [-0.05, 0) is 33.4 Å². The highest BCUT2D eigenvalue weighted by Crippen LogP contribution is 2.39. The highest BCUT2D eigenvalue weighted by Gasteiger charge is 2.42. The fourth-order valence-electron chi connectivity index (χ4n) is 2.18. The smallest absolute Gasteiger partial charge is 0.117 e. The van der Waals surface area contributed by atoms with Crippen LogP contribution in [0.3, 0.4) is 0 Å². The minimum atomic E-state index is -0.167. The third-order valence-corrected chi connectivity index (χ3v) is 3.44. The van der Waals surface area contributed by atoms with Gasteiger partial charge >= 0.3 is 0 Å². The maximum atomic E-state index is 6.09. The highest BCUT2D eigenvalue weighted by atomic mass is 16.5. The second-order valence-corrected chi connectivity index (χ2v) is 4.75. The Morgan fingerprint density at radius 3 is 2.27 bits per heavy atom. The number of ether oxygens (including phenoxy) is 1. The van der Waals surface area contributed by atoms with Gasteiger partial charge in [-0.2, -0.15) is 0 Å². The molecule has 1 aromatic rings. The molecular weight excluding hydrogens is 186 g/mol. The van der Waals surface area contributed by atoms with E-state index < -0.39 is 0 Å². The van der Waals surface area contributed by atoms with Crippen molar-refractivity contribution in [3.63, 3.8) is 0 Å². The van der Waals surface area contributed by atoms with Crippen molar-refractivity contribution in [2.75, 3.05) is 7.05 Å². The van der Waals surface area contributed by atoms with Crippen molar-refractivity contribution in [1.82, 2.24) is 4.90 Å². The maximum absolute atomic E-state index is 6.09. The van der Waals surface area contributed by atoms with Crippen molar-refractivity contribution in [3.8, 4) is 0 Å². The average Bonchev–Trinajstić information content (AvgIpc) is 2.44. The minimum absolute atomic E-state index is 0.167. The fourth-order valence-corrected chi connectivity index (χ4v) is 2.18. The molecule has 1 aliphatic heterocycles. The van der Waals surface area contributed by atoms with Gasteiger partial charge in [-0.3, -0.25) is 4.90 Å². The lowest BCUT2D eigenvalue weighted by Gasteiger charge is -2.27. The summed E-state index contributed by atoms with van der Waals surface area (Å²) in [5, 5.41) is 0. The number of likely N-dealkylation sites (N-methyl/N-ethyl adjacent to an activating group) is 1. The van der Waals surface area contributed by atoms with Gasteiger partial charge in [0.05, 0.1) is 0 Å². The Morgan fingerprint density at radius 2 is 1.80 bits per heavy atom. The number of hydrogen-bond acceptors (Lipinski definition) is 2. The van der Waals surface area contributed by atoms with Gasteiger partial charge in [-0.25, -0.2) is 0 Å². The van der Waals surface area contributed by atoms with E-state index in [9.17, 15) is 0 Å². The lowest BCUT2D eigenvalue weighted by Crippen LogP contribution is -2.39. The normalized spacial score (nSPS) is 30.7. The standard InChI is InChI=1S/C13H19NO/c1-10-12(11-8-6-5-7-9-11)15-13(2,3)14(10)4/h5-10,12H,1-4H3/t10-,12+/m1/s1. The summed E-state index contributed by atoms with van der Waals surface area (Å²) in [7, 11) is 2.12. The van der Waals surface area contributed by atoms with Crippen LogP contribution in [0.2, 0.25) is 0 Å². The third kappa shape index (κ3) is 1.80. The van der Waals surface area contributed by atoms with Crippen LogP contribution in [-0.4, -0.2) is 23.7 Å². The Kier molecular flexibility index (Phi) is 2.57. The molecule has 0 radical (unpaired) electrons. The third-order valence-electron chi connectivity index (χ3n) is 3.44. The molecule has 2 atom stereocenters. The van der Waals surface area contributed by atoms with Crippen LogP contribution >= 0.6 is 0 Å². The quantitative estimate of drug-likeness (QED) is 0.699. The molecule has 0 saturated carbocycles. The summed E-state index contributed by atoms with van der Waals surface area (Å²) in [5.74, 6) is 0. The van der Waals surface area contributed by atoms with E-state index in [0.29, 0.717) is 6.04 Å². The first-order valence-electron chi connectivity index (χ1n) is 5.48. The van der Waals surface area contributed by atoms with Crippen LogP contribution in [0.1, 0.15) is 32.4 Å². The van der Waals surface area contributed by atoms with Crippen LogP contribution < -0.4 is 0 Å². The molecule has 1 saturated heterocycles. The van der Waals surface area contributed by atoms with Gasteiger partial charge in [-0.15, -0.1) is 0 Å². The molecule has 0 N–H and O–H groups in total. The summed E-state index contributed by atoms with van der Waals surface area (Å²) in [6.45, 7) is 6.45. The van der Waals surface area contributed by atoms with Gasteiger partial charge in [0.1, 0.15) is 11.8 Å². The molecule has 2 rings (SSSR count). The van der Waals surface area contributed by atoms with Crippen molar-refractivity contribution < 1.29 is 4.74 Å². The molecule has 82 valence electrons.